The third-order valence-corrected chi connectivity index (χ3v) is 2.88. The molecule has 1 atom stereocenters. The molecule has 0 amide bonds. The highest BCUT2D eigenvalue weighted by Gasteiger charge is 2.21. The van der Waals surface area contributed by atoms with Gasteiger partial charge in [0.05, 0.1) is 0 Å². The lowest BCUT2D eigenvalue weighted by atomic mass is 9.84. The van der Waals surface area contributed by atoms with Crippen LogP contribution in [0.15, 0.2) is 18.2 Å². The molecule has 1 aromatic rings. The Hall–Kier alpha value is -0.960. The summed E-state index contributed by atoms with van der Waals surface area (Å²) in [4.78, 5) is 0. The van der Waals surface area contributed by atoms with Crippen LogP contribution in [0.3, 0.4) is 0 Å². The lowest BCUT2D eigenvalue weighted by molar-refractivity contribution is 0.304. The summed E-state index contributed by atoms with van der Waals surface area (Å²) in [6.07, 6.45) is 0.929. The summed E-state index contributed by atoms with van der Waals surface area (Å²) in [6, 6.07) is 3.87. The van der Waals surface area contributed by atoms with Crippen LogP contribution in [0.2, 0.25) is 0 Å². The SMILES string of the molecule is CC(C)(C)C(N)CCc1c(F)cccc1F. The molecule has 0 fully saturated rings. The maximum absolute atomic E-state index is 13.3. The molecule has 1 rings (SSSR count). The molecule has 16 heavy (non-hydrogen) atoms. The van der Waals surface area contributed by atoms with E-state index >= 15 is 0 Å². The lowest BCUT2D eigenvalue weighted by Crippen LogP contribution is -2.35. The molecule has 0 saturated heterocycles. The van der Waals surface area contributed by atoms with Crippen LogP contribution in [-0.4, -0.2) is 6.04 Å². The molecule has 0 bridgehead atoms. The first-order valence-electron chi connectivity index (χ1n) is 5.51. The quantitative estimate of drug-likeness (QED) is 0.842. The number of benzene rings is 1. The third kappa shape index (κ3) is 3.27. The summed E-state index contributed by atoms with van der Waals surface area (Å²) in [5.41, 5.74) is 6.05. The van der Waals surface area contributed by atoms with Gasteiger partial charge in [-0.05, 0) is 30.4 Å². The van der Waals surface area contributed by atoms with Gasteiger partial charge in [0, 0.05) is 11.6 Å². The molecule has 2 N–H and O–H groups in total. The zero-order chi connectivity index (χ0) is 12.3. The highest BCUT2D eigenvalue weighted by molar-refractivity contribution is 5.19. The van der Waals surface area contributed by atoms with Crippen molar-refractivity contribution in [3.63, 3.8) is 0 Å². The van der Waals surface area contributed by atoms with Crippen LogP contribution >= 0.6 is 0 Å². The monoisotopic (exact) mass is 227 g/mol. The molecule has 0 aromatic heterocycles. The molecule has 0 aliphatic carbocycles. The fourth-order valence-corrected chi connectivity index (χ4v) is 1.50. The van der Waals surface area contributed by atoms with Crippen molar-refractivity contribution in [3.05, 3.63) is 35.4 Å². The number of halogens is 2. The highest BCUT2D eigenvalue weighted by Crippen LogP contribution is 2.22. The number of hydrogen-bond acceptors (Lipinski definition) is 1. The normalized spacial score (nSPS) is 13.9. The van der Waals surface area contributed by atoms with Gasteiger partial charge in [-0.15, -0.1) is 0 Å². The summed E-state index contributed by atoms with van der Waals surface area (Å²) in [5.74, 6) is -0.970. The van der Waals surface area contributed by atoms with E-state index in [0.717, 1.165) is 0 Å². The molecule has 0 radical (unpaired) electrons. The van der Waals surface area contributed by atoms with E-state index in [1.54, 1.807) is 0 Å². The summed E-state index contributed by atoms with van der Waals surface area (Å²) >= 11 is 0. The lowest BCUT2D eigenvalue weighted by Gasteiger charge is -2.27. The molecule has 90 valence electrons. The molecule has 0 spiro atoms. The van der Waals surface area contributed by atoms with E-state index in [2.05, 4.69) is 0 Å². The van der Waals surface area contributed by atoms with E-state index in [1.165, 1.54) is 18.2 Å². The largest absolute Gasteiger partial charge is 0.327 e. The minimum atomic E-state index is -0.485. The van der Waals surface area contributed by atoms with Gasteiger partial charge in [0.2, 0.25) is 0 Å². The van der Waals surface area contributed by atoms with Crippen molar-refractivity contribution in [2.45, 2.75) is 39.7 Å². The van der Waals surface area contributed by atoms with Gasteiger partial charge < -0.3 is 5.73 Å². The van der Waals surface area contributed by atoms with Crippen LogP contribution in [0.25, 0.3) is 0 Å². The summed E-state index contributed by atoms with van der Waals surface area (Å²) < 4.78 is 26.6. The number of hydrogen-bond donors (Lipinski definition) is 1. The molecule has 0 aliphatic rings. The van der Waals surface area contributed by atoms with Crippen molar-refractivity contribution in [3.8, 4) is 0 Å². The molecule has 0 heterocycles. The molecule has 0 aliphatic heterocycles. The molecular weight excluding hydrogens is 208 g/mol. The van der Waals surface area contributed by atoms with Crippen LogP contribution in [0.1, 0.15) is 32.8 Å². The predicted molar refractivity (Wildman–Crippen MR) is 62.1 cm³/mol. The average molecular weight is 227 g/mol. The van der Waals surface area contributed by atoms with Crippen molar-refractivity contribution < 1.29 is 8.78 Å². The standard InChI is InChI=1S/C13H19F2N/c1-13(2,3)12(16)8-7-9-10(14)5-4-6-11(9)15/h4-6,12H,7-8,16H2,1-3H3. The van der Waals surface area contributed by atoms with Gasteiger partial charge in [-0.25, -0.2) is 8.78 Å². The topological polar surface area (TPSA) is 26.0 Å². The minimum absolute atomic E-state index is 0.0399. The van der Waals surface area contributed by atoms with E-state index < -0.39 is 11.6 Å². The van der Waals surface area contributed by atoms with Gasteiger partial charge in [-0.3, -0.25) is 0 Å². The Labute approximate surface area is 95.7 Å². The van der Waals surface area contributed by atoms with E-state index in [1.807, 2.05) is 20.8 Å². The Kier molecular flexibility index (Phi) is 4.03. The van der Waals surface area contributed by atoms with Gasteiger partial charge in [0.15, 0.2) is 0 Å². The Morgan fingerprint density at radius 1 is 1.19 bits per heavy atom. The molecule has 1 aromatic carbocycles. The molecule has 1 unspecified atom stereocenters. The average Bonchev–Trinajstić information content (AvgIpc) is 2.15. The fourth-order valence-electron chi connectivity index (χ4n) is 1.50. The van der Waals surface area contributed by atoms with E-state index in [-0.39, 0.29) is 17.0 Å². The van der Waals surface area contributed by atoms with E-state index in [9.17, 15) is 8.78 Å². The van der Waals surface area contributed by atoms with Crippen LogP contribution in [0.5, 0.6) is 0 Å². The van der Waals surface area contributed by atoms with Gasteiger partial charge in [0.1, 0.15) is 11.6 Å². The zero-order valence-corrected chi connectivity index (χ0v) is 10.1. The van der Waals surface area contributed by atoms with Crippen molar-refractivity contribution in [2.75, 3.05) is 0 Å². The maximum atomic E-state index is 13.3. The number of rotatable bonds is 3. The van der Waals surface area contributed by atoms with Crippen LogP contribution < -0.4 is 5.73 Å². The smallest absolute Gasteiger partial charge is 0.129 e. The second-order valence-electron chi connectivity index (χ2n) is 5.21. The summed E-state index contributed by atoms with van der Waals surface area (Å²) in [7, 11) is 0. The Balaban J connectivity index is 2.69. The first-order chi connectivity index (χ1) is 7.32. The van der Waals surface area contributed by atoms with Crippen LogP contribution in [0, 0.1) is 17.0 Å². The molecule has 1 nitrogen and oxygen atoms in total. The van der Waals surface area contributed by atoms with Gasteiger partial charge in [0.25, 0.3) is 0 Å². The van der Waals surface area contributed by atoms with Crippen molar-refractivity contribution >= 4 is 0 Å². The number of nitrogens with two attached hydrogens (primary N) is 1. The van der Waals surface area contributed by atoms with Crippen molar-refractivity contribution in [1.29, 1.82) is 0 Å². The Bertz CT molecular complexity index is 335. The summed E-state index contributed by atoms with van der Waals surface area (Å²) in [5, 5.41) is 0. The van der Waals surface area contributed by atoms with Gasteiger partial charge in [-0.1, -0.05) is 26.8 Å². The second kappa shape index (κ2) is 4.91. The van der Waals surface area contributed by atoms with Crippen molar-refractivity contribution in [1.82, 2.24) is 0 Å². The first kappa shape index (κ1) is 13.1. The van der Waals surface area contributed by atoms with E-state index in [4.69, 9.17) is 5.73 Å². The molecule has 3 heteroatoms. The third-order valence-electron chi connectivity index (χ3n) is 2.88. The Morgan fingerprint density at radius 3 is 2.12 bits per heavy atom. The second-order valence-corrected chi connectivity index (χ2v) is 5.21. The minimum Gasteiger partial charge on any atom is -0.327 e. The molecule has 0 saturated carbocycles. The van der Waals surface area contributed by atoms with Gasteiger partial charge in [-0.2, -0.15) is 0 Å². The fraction of sp³-hybridized carbons (Fsp3) is 0.538. The van der Waals surface area contributed by atoms with Gasteiger partial charge >= 0.3 is 0 Å². The van der Waals surface area contributed by atoms with E-state index in [0.29, 0.717) is 12.8 Å². The maximum Gasteiger partial charge on any atom is 0.129 e. The van der Waals surface area contributed by atoms with Crippen molar-refractivity contribution in [2.24, 2.45) is 11.1 Å². The highest BCUT2D eigenvalue weighted by atomic mass is 19.1. The zero-order valence-electron chi connectivity index (χ0n) is 10.1. The Morgan fingerprint density at radius 2 is 1.69 bits per heavy atom. The summed E-state index contributed by atoms with van der Waals surface area (Å²) in [6.45, 7) is 6.07. The first-order valence-corrected chi connectivity index (χ1v) is 5.51. The predicted octanol–water partition coefficient (Wildman–Crippen LogP) is 3.27. The van der Waals surface area contributed by atoms with Crippen LogP contribution in [0.4, 0.5) is 8.78 Å². The molecular formula is C13H19F2N. The van der Waals surface area contributed by atoms with Crippen LogP contribution in [-0.2, 0) is 6.42 Å².